The van der Waals surface area contributed by atoms with Crippen molar-refractivity contribution in [3.8, 4) is 0 Å². The Bertz CT molecular complexity index is 477. The largest absolute Gasteiger partial charge is 0.462 e. The van der Waals surface area contributed by atoms with E-state index in [1.165, 1.54) is 0 Å². The molecule has 1 rings (SSSR count). The van der Waals surface area contributed by atoms with Crippen molar-refractivity contribution in [1.82, 2.24) is 0 Å². The van der Waals surface area contributed by atoms with Crippen molar-refractivity contribution in [2.75, 3.05) is 0 Å². The van der Waals surface area contributed by atoms with Gasteiger partial charge in [-0.25, -0.2) is 0 Å². The SMILES string of the molecule is C=CCCCC(=O)OC(C/C=C1\CC=C(Cl)C1=O)CCCCC. The number of unbranched alkanes of at least 4 members (excludes halogenated alkanes) is 3. The van der Waals surface area contributed by atoms with Crippen LogP contribution in [0.3, 0.4) is 0 Å². The number of hydrogen-bond donors (Lipinski definition) is 0. The van der Waals surface area contributed by atoms with E-state index in [1.54, 1.807) is 12.2 Å². The van der Waals surface area contributed by atoms with Crippen molar-refractivity contribution in [1.29, 1.82) is 0 Å². The van der Waals surface area contributed by atoms with E-state index in [0.29, 0.717) is 29.9 Å². The van der Waals surface area contributed by atoms with Crippen molar-refractivity contribution in [3.05, 3.63) is 35.4 Å². The monoisotopic (exact) mass is 338 g/mol. The van der Waals surface area contributed by atoms with Gasteiger partial charge in [0.05, 0.1) is 5.03 Å². The van der Waals surface area contributed by atoms with Crippen LogP contribution in [0.15, 0.2) is 35.4 Å². The van der Waals surface area contributed by atoms with Gasteiger partial charge >= 0.3 is 5.97 Å². The number of ether oxygens (including phenoxy) is 1. The highest BCUT2D eigenvalue weighted by molar-refractivity contribution is 6.46. The van der Waals surface area contributed by atoms with Gasteiger partial charge in [0.25, 0.3) is 0 Å². The maximum atomic E-state index is 11.9. The van der Waals surface area contributed by atoms with Crippen LogP contribution in [0, 0.1) is 0 Å². The van der Waals surface area contributed by atoms with Gasteiger partial charge in [0.15, 0.2) is 5.78 Å². The molecule has 0 aromatic carbocycles. The molecule has 0 aromatic rings. The van der Waals surface area contributed by atoms with E-state index in [1.807, 2.05) is 6.08 Å². The molecule has 1 aliphatic rings. The van der Waals surface area contributed by atoms with Gasteiger partial charge in [-0.15, -0.1) is 6.58 Å². The third kappa shape index (κ3) is 7.65. The van der Waals surface area contributed by atoms with Gasteiger partial charge < -0.3 is 4.74 Å². The summed E-state index contributed by atoms with van der Waals surface area (Å²) in [5.41, 5.74) is 0.707. The average Bonchev–Trinajstić information content (AvgIpc) is 2.84. The fraction of sp³-hybridized carbons (Fsp3) is 0.579. The Kier molecular flexibility index (Phi) is 9.61. The third-order valence-corrected chi connectivity index (χ3v) is 4.18. The van der Waals surface area contributed by atoms with Crippen LogP contribution in [0.5, 0.6) is 0 Å². The fourth-order valence-corrected chi connectivity index (χ4v) is 2.67. The summed E-state index contributed by atoms with van der Waals surface area (Å²) in [6.45, 7) is 5.79. The van der Waals surface area contributed by atoms with Crippen LogP contribution in [0.1, 0.15) is 64.7 Å². The number of halogens is 1. The van der Waals surface area contributed by atoms with Gasteiger partial charge in [-0.3, -0.25) is 9.59 Å². The summed E-state index contributed by atoms with van der Waals surface area (Å²) in [6.07, 6.45) is 12.5. The molecule has 128 valence electrons. The van der Waals surface area contributed by atoms with Gasteiger partial charge in [0.2, 0.25) is 0 Å². The molecule has 0 N–H and O–H groups in total. The Morgan fingerprint density at radius 3 is 2.83 bits per heavy atom. The van der Waals surface area contributed by atoms with Gasteiger partial charge in [-0.05, 0) is 32.1 Å². The van der Waals surface area contributed by atoms with Crippen LogP contribution in [-0.2, 0) is 14.3 Å². The Morgan fingerprint density at radius 1 is 1.43 bits per heavy atom. The quantitative estimate of drug-likeness (QED) is 0.224. The number of rotatable bonds is 11. The first-order valence-electron chi connectivity index (χ1n) is 8.48. The van der Waals surface area contributed by atoms with E-state index < -0.39 is 0 Å². The number of ketones is 1. The van der Waals surface area contributed by atoms with Crippen LogP contribution in [-0.4, -0.2) is 17.9 Å². The van der Waals surface area contributed by atoms with Crippen LogP contribution in [0.25, 0.3) is 0 Å². The number of carbonyl (C=O) groups is 2. The number of allylic oxidation sites excluding steroid dienone is 4. The highest BCUT2D eigenvalue weighted by atomic mass is 35.5. The second kappa shape index (κ2) is 11.2. The Balaban J connectivity index is 2.51. The minimum Gasteiger partial charge on any atom is -0.462 e. The summed E-state index contributed by atoms with van der Waals surface area (Å²) < 4.78 is 5.59. The maximum absolute atomic E-state index is 11.9. The van der Waals surface area contributed by atoms with Crippen molar-refractivity contribution >= 4 is 23.4 Å². The Hall–Kier alpha value is -1.35. The summed E-state index contributed by atoms with van der Waals surface area (Å²) in [6, 6.07) is 0. The molecule has 1 aliphatic carbocycles. The van der Waals surface area contributed by atoms with Gasteiger partial charge in [-0.1, -0.05) is 49.6 Å². The second-order valence-corrected chi connectivity index (χ2v) is 6.25. The Morgan fingerprint density at radius 2 is 2.22 bits per heavy atom. The number of hydrogen-bond acceptors (Lipinski definition) is 3. The lowest BCUT2D eigenvalue weighted by molar-refractivity contribution is -0.149. The summed E-state index contributed by atoms with van der Waals surface area (Å²) in [5, 5.41) is 0.292. The molecule has 0 saturated carbocycles. The van der Waals surface area contributed by atoms with Crippen LogP contribution < -0.4 is 0 Å². The van der Waals surface area contributed by atoms with E-state index in [0.717, 1.165) is 38.5 Å². The predicted molar refractivity (Wildman–Crippen MR) is 94.3 cm³/mol. The molecule has 4 heteroatoms. The lowest BCUT2D eigenvalue weighted by Gasteiger charge is -2.16. The van der Waals surface area contributed by atoms with E-state index in [9.17, 15) is 9.59 Å². The fourth-order valence-electron chi connectivity index (χ4n) is 2.47. The van der Waals surface area contributed by atoms with Crippen LogP contribution >= 0.6 is 11.6 Å². The summed E-state index contributed by atoms with van der Waals surface area (Å²) in [5.74, 6) is -0.267. The molecule has 0 heterocycles. The smallest absolute Gasteiger partial charge is 0.306 e. The number of Topliss-reactive ketones (excluding diaryl/α,β-unsaturated/α-hetero) is 1. The van der Waals surface area contributed by atoms with Crippen molar-refractivity contribution in [2.24, 2.45) is 0 Å². The van der Waals surface area contributed by atoms with Crippen molar-refractivity contribution in [2.45, 2.75) is 70.8 Å². The van der Waals surface area contributed by atoms with Crippen LogP contribution in [0.4, 0.5) is 0 Å². The molecule has 1 unspecified atom stereocenters. The third-order valence-electron chi connectivity index (χ3n) is 3.85. The molecule has 0 amide bonds. The predicted octanol–water partition coefficient (Wildman–Crippen LogP) is 5.25. The zero-order chi connectivity index (χ0) is 17.1. The lowest BCUT2D eigenvalue weighted by atomic mass is 10.0. The summed E-state index contributed by atoms with van der Waals surface area (Å²) >= 11 is 5.81. The van der Waals surface area contributed by atoms with E-state index in [2.05, 4.69) is 13.5 Å². The normalized spacial score (nSPS) is 17.2. The van der Waals surface area contributed by atoms with Gasteiger partial charge in [0.1, 0.15) is 6.10 Å². The first kappa shape index (κ1) is 19.7. The maximum Gasteiger partial charge on any atom is 0.306 e. The van der Waals surface area contributed by atoms with Gasteiger partial charge in [-0.2, -0.15) is 0 Å². The molecule has 1 atom stereocenters. The van der Waals surface area contributed by atoms with Crippen molar-refractivity contribution in [3.63, 3.8) is 0 Å². The molecule has 0 bridgehead atoms. The summed E-state index contributed by atoms with van der Waals surface area (Å²) in [7, 11) is 0. The standard InChI is InChI=1S/C19H27ClO3/c1-3-5-7-9-16(23-18(21)10-8-6-4-2)13-11-15-12-14-17(20)19(15)22/h4,11,14,16H,2-3,5-10,12-13H2,1H3/b15-11+. The van der Waals surface area contributed by atoms with Gasteiger partial charge in [0, 0.05) is 18.4 Å². The molecule has 3 nitrogen and oxygen atoms in total. The van der Waals surface area contributed by atoms with E-state index in [-0.39, 0.29) is 17.9 Å². The Labute approximate surface area is 144 Å². The number of carbonyl (C=O) groups excluding carboxylic acids is 2. The van der Waals surface area contributed by atoms with Crippen molar-refractivity contribution < 1.29 is 14.3 Å². The minimum atomic E-state index is -0.166. The molecule has 0 radical (unpaired) electrons. The molecule has 0 fully saturated rings. The van der Waals surface area contributed by atoms with Crippen LogP contribution in [0.2, 0.25) is 0 Å². The topological polar surface area (TPSA) is 43.4 Å². The first-order chi connectivity index (χ1) is 11.1. The molecular formula is C19H27ClO3. The number of esters is 1. The first-order valence-corrected chi connectivity index (χ1v) is 8.86. The van der Waals surface area contributed by atoms with E-state index >= 15 is 0 Å². The molecule has 0 spiro atoms. The molecule has 23 heavy (non-hydrogen) atoms. The second-order valence-electron chi connectivity index (χ2n) is 5.84. The zero-order valence-electron chi connectivity index (χ0n) is 14.0. The highest BCUT2D eigenvalue weighted by Gasteiger charge is 2.20. The average molecular weight is 339 g/mol. The lowest BCUT2D eigenvalue weighted by Crippen LogP contribution is -2.18. The molecular weight excluding hydrogens is 312 g/mol. The summed E-state index contributed by atoms with van der Waals surface area (Å²) in [4.78, 5) is 23.7. The highest BCUT2D eigenvalue weighted by Crippen LogP contribution is 2.24. The molecule has 0 saturated heterocycles. The molecule has 0 aliphatic heterocycles. The zero-order valence-corrected chi connectivity index (χ0v) is 14.7. The van der Waals surface area contributed by atoms with E-state index in [4.69, 9.17) is 16.3 Å². The minimum absolute atomic E-state index is 0.101. The molecule has 0 aromatic heterocycles.